The van der Waals surface area contributed by atoms with Crippen LogP contribution < -0.4 is 0 Å². The Hall–Kier alpha value is -0.460. The molecule has 1 nitrogen and oxygen atoms in total. The van der Waals surface area contributed by atoms with Gasteiger partial charge >= 0.3 is 0 Å². The second kappa shape index (κ2) is 2.75. The SMILES string of the molecule is C/C=C1\CCCCO1. The van der Waals surface area contributed by atoms with E-state index in [0.29, 0.717) is 0 Å². The molecule has 1 rings (SSSR count). The summed E-state index contributed by atoms with van der Waals surface area (Å²) in [7, 11) is 0. The molecule has 1 aliphatic rings. The lowest BCUT2D eigenvalue weighted by Gasteiger charge is -2.14. The molecule has 0 unspecified atom stereocenters. The van der Waals surface area contributed by atoms with E-state index in [1.165, 1.54) is 18.6 Å². The van der Waals surface area contributed by atoms with Crippen LogP contribution in [0.25, 0.3) is 0 Å². The molecule has 0 aromatic heterocycles. The Morgan fingerprint density at radius 1 is 1.50 bits per heavy atom. The van der Waals surface area contributed by atoms with Gasteiger partial charge in [-0.3, -0.25) is 0 Å². The minimum atomic E-state index is 0.930. The highest BCUT2D eigenvalue weighted by Gasteiger charge is 2.02. The Morgan fingerprint density at radius 3 is 2.75 bits per heavy atom. The largest absolute Gasteiger partial charge is 0.498 e. The third-order valence-electron chi connectivity index (χ3n) is 1.43. The summed E-state index contributed by atoms with van der Waals surface area (Å²) in [5.41, 5.74) is 0. The average Bonchev–Trinajstić information content (AvgIpc) is 1.90. The molecule has 0 N–H and O–H groups in total. The highest BCUT2D eigenvalue weighted by molar-refractivity contribution is 4.91. The van der Waals surface area contributed by atoms with Crippen LogP contribution >= 0.6 is 0 Å². The standard InChI is InChI=1S/C7H12O/c1-2-7-5-3-4-6-8-7/h2H,3-6H2,1H3/b7-2+. The van der Waals surface area contributed by atoms with Crippen LogP contribution in [0.1, 0.15) is 26.2 Å². The summed E-state index contributed by atoms with van der Waals surface area (Å²) in [5.74, 6) is 1.18. The van der Waals surface area contributed by atoms with Gasteiger partial charge < -0.3 is 4.74 Å². The summed E-state index contributed by atoms with van der Waals surface area (Å²) >= 11 is 0. The summed E-state index contributed by atoms with van der Waals surface area (Å²) < 4.78 is 5.29. The Morgan fingerprint density at radius 2 is 2.38 bits per heavy atom. The fourth-order valence-corrected chi connectivity index (χ4v) is 0.904. The number of ether oxygens (including phenoxy) is 1. The normalized spacial score (nSPS) is 25.4. The molecule has 1 aliphatic heterocycles. The van der Waals surface area contributed by atoms with Gasteiger partial charge in [-0.1, -0.05) is 0 Å². The molecule has 0 saturated carbocycles. The van der Waals surface area contributed by atoms with Crippen LogP contribution in [0, 0.1) is 0 Å². The first-order valence-electron chi connectivity index (χ1n) is 3.21. The highest BCUT2D eigenvalue weighted by Crippen LogP contribution is 2.14. The monoisotopic (exact) mass is 112 g/mol. The van der Waals surface area contributed by atoms with Crippen LogP contribution in [0.3, 0.4) is 0 Å². The van der Waals surface area contributed by atoms with Gasteiger partial charge in [0.1, 0.15) is 0 Å². The van der Waals surface area contributed by atoms with Gasteiger partial charge in [0, 0.05) is 6.42 Å². The van der Waals surface area contributed by atoms with Crippen molar-refractivity contribution in [2.45, 2.75) is 26.2 Å². The van der Waals surface area contributed by atoms with Gasteiger partial charge in [0.15, 0.2) is 0 Å². The predicted octanol–water partition coefficient (Wildman–Crippen LogP) is 2.09. The lowest BCUT2D eigenvalue weighted by Crippen LogP contribution is -2.01. The van der Waals surface area contributed by atoms with E-state index < -0.39 is 0 Å². The molecule has 0 aliphatic carbocycles. The van der Waals surface area contributed by atoms with E-state index in [-0.39, 0.29) is 0 Å². The maximum Gasteiger partial charge on any atom is 0.0917 e. The Kier molecular flexibility index (Phi) is 1.95. The van der Waals surface area contributed by atoms with E-state index in [1.807, 2.05) is 6.92 Å². The van der Waals surface area contributed by atoms with Crippen LogP contribution in [0.15, 0.2) is 11.8 Å². The van der Waals surface area contributed by atoms with Crippen molar-refractivity contribution >= 4 is 0 Å². The fourth-order valence-electron chi connectivity index (χ4n) is 0.904. The Balaban J connectivity index is 2.33. The predicted molar refractivity (Wildman–Crippen MR) is 33.6 cm³/mol. The van der Waals surface area contributed by atoms with Gasteiger partial charge in [-0.15, -0.1) is 0 Å². The lowest BCUT2D eigenvalue weighted by atomic mass is 10.2. The summed E-state index contributed by atoms with van der Waals surface area (Å²) in [5, 5.41) is 0. The quantitative estimate of drug-likeness (QED) is 0.466. The second-order valence-corrected chi connectivity index (χ2v) is 2.06. The number of hydrogen-bond acceptors (Lipinski definition) is 1. The molecule has 0 amide bonds. The van der Waals surface area contributed by atoms with Crippen LogP contribution in [-0.4, -0.2) is 6.61 Å². The van der Waals surface area contributed by atoms with Crippen molar-refractivity contribution in [2.75, 3.05) is 6.61 Å². The molecular formula is C7H12O. The van der Waals surface area contributed by atoms with Crippen molar-refractivity contribution in [1.29, 1.82) is 0 Å². The molecule has 0 atom stereocenters. The summed E-state index contributed by atoms with van der Waals surface area (Å²) in [4.78, 5) is 0. The molecule has 0 aromatic rings. The van der Waals surface area contributed by atoms with Crippen molar-refractivity contribution in [3.63, 3.8) is 0 Å². The summed E-state index contributed by atoms with van der Waals surface area (Å²) in [6.07, 6.45) is 5.74. The molecule has 1 fully saturated rings. The maximum atomic E-state index is 5.29. The topological polar surface area (TPSA) is 9.23 Å². The molecule has 0 bridgehead atoms. The van der Waals surface area contributed by atoms with Gasteiger partial charge in [0.25, 0.3) is 0 Å². The smallest absolute Gasteiger partial charge is 0.0917 e. The number of hydrogen-bond donors (Lipinski definition) is 0. The number of allylic oxidation sites excluding steroid dienone is 2. The Bertz CT molecular complexity index is 86.6. The third-order valence-corrected chi connectivity index (χ3v) is 1.43. The van der Waals surface area contributed by atoms with Gasteiger partial charge in [0.2, 0.25) is 0 Å². The summed E-state index contributed by atoms with van der Waals surface area (Å²) in [6, 6.07) is 0. The van der Waals surface area contributed by atoms with Crippen molar-refractivity contribution < 1.29 is 4.74 Å². The van der Waals surface area contributed by atoms with Crippen LogP contribution in [0.4, 0.5) is 0 Å². The van der Waals surface area contributed by atoms with Gasteiger partial charge in [-0.2, -0.15) is 0 Å². The van der Waals surface area contributed by atoms with Crippen molar-refractivity contribution in [3.05, 3.63) is 11.8 Å². The second-order valence-electron chi connectivity index (χ2n) is 2.06. The van der Waals surface area contributed by atoms with E-state index in [9.17, 15) is 0 Å². The van der Waals surface area contributed by atoms with Crippen LogP contribution in [0.2, 0.25) is 0 Å². The Labute approximate surface area is 50.3 Å². The fraction of sp³-hybridized carbons (Fsp3) is 0.714. The number of rotatable bonds is 0. The lowest BCUT2D eigenvalue weighted by molar-refractivity contribution is 0.165. The average molecular weight is 112 g/mol. The molecule has 0 radical (unpaired) electrons. The van der Waals surface area contributed by atoms with Crippen LogP contribution in [-0.2, 0) is 4.74 Å². The van der Waals surface area contributed by atoms with E-state index >= 15 is 0 Å². The van der Waals surface area contributed by atoms with Crippen LogP contribution in [0.5, 0.6) is 0 Å². The van der Waals surface area contributed by atoms with E-state index in [0.717, 1.165) is 13.0 Å². The molecule has 1 heterocycles. The molecule has 8 heavy (non-hydrogen) atoms. The molecule has 1 saturated heterocycles. The third kappa shape index (κ3) is 1.25. The first-order valence-corrected chi connectivity index (χ1v) is 3.21. The van der Waals surface area contributed by atoms with Gasteiger partial charge in [0.05, 0.1) is 12.4 Å². The molecule has 46 valence electrons. The summed E-state index contributed by atoms with van der Waals surface area (Å²) in [6.45, 7) is 2.96. The van der Waals surface area contributed by atoms with Crippen molar-refractivity contribution in [3.8, 4) is 0 Å². The zero-order valence-electron chi connectivity index (χ0n) is 5.31. The first kappa shape index (κ1) is 5.67. The van der Waals surface area contributed by atoms with E-state index in [4.69, 9.17) is 4.74 Å². The van der Waals surface area contributed by atoms with E-state index in [2.05, 4.69) is 6.08 Å². The zero-order chi connectivity index (χ0) is 5.82. The maximum absolute atomic E-state index is 5.29. The van der Waals surface area contributed by atoms with Gasteiger partial charge in [-0.25, -0.2) is 0 Å². The van der Waals surface area contributed by atoms with Crippen molar-refractivity contribution in [2.24, 2.45) is 0 Å². The van der Waals surface area contributed by atoms with E-state index in [1.54, 1.807) is 0 Å². The zero-order valence-corrected chi connectivity index (χ0v) is 5.31. The minimum absolute atomic E-state index is 0.930. The molecule has 0 aromatic carbocycles. The molecule has 1 heteroatoms. The van der Waals surface area contributed by atoms with Crippen molar-refractivity contribution in [1.82, 2.24) is 0 Å². The highest BCUT2D eigenvalue weighted by atomic mass is 16.5. The van der Waals surface area contributed by atoms with Gasteiger partial charge in [-0.05, 0) is 25.8 Å². The molecule has 0 spiro atoms. The minimum Gasteiger partial charge on any atom is -0.498 e. The molecular weight excluding hydrogens is 100 g/mol. The first-order chi connectivity index (χ1) is 3.93.